The summed E-state index contributed by atoms with van der Waals surface area (Å²) in [7, 11) is 0. The Kier molecular flexibility index (Phi) is 4.98. The fraction of sp³-hybridized carbons (Fsp3) is 0.500. The number of aromatic nitrogens is 1. The van der Waals surface area contributed by atoms with Gasteiger partial charge in [0.15, 0.2) is 0 Å². The molecule has 0 fully saturated rings. The molecule has 1 rings (SSSR count). The highest BCUT2D eigenvalue weighted by Crippen LogP contribution is 2.21. The largest absolute Gasteiger partial charge is 0.384 e. The zero-order chi connectivity index (χ0) is 11.3. The van der Waals surface area contributed by atoms with E-state index in [1.807, 2.05) is 6.92 Å². The molecule has 5 heteroatoms. The maximum absolute atomic E-state index is 9.91. The van der Waals surface area contributed by atoms with Crippen LogP contribution < -0.4 is 5.90 Å². The average Bonchev–Trinajstić information content (AvgIpc) is 2.25. The van der Waals surface area contributed by atoms with Gasteiger partial charge in [-0.05, 0) is 18.6 Å². The van der Waals surface area contributed by atoms with E-state index >= 15 is 0 Å². The number of pyridine rings is 1. The number of aliphatic hydroxyl groups excluding tert-OH is 1. The number of halogens is 1. The second-order valence-electron chi connectivity index (χ2n) is 3.31. The quantitative estimate of drug-likeness (QED) is 0.758. The normalized spacial score (nSPS) is 14.9. The van der Waals surface area contributed by atoms with Crippen LogP contribution in [0.5, 0.6) is 0 Å². The summed E-state index contributed by atoms with van der Waals surface area (Å²) in [5.41, 5.74) is 0.478. The van der Waals surface area contributed by atoms with Gasteiger partial charge in [0.1, 0.15) is 12.2 Å². The summed E-state index contributed by atoms with van der Waals surface area (Å²) in [6, 6.07) is 3.25. The van der Waals surface area contributed by atoms with E-state index in [1.54, 1.807) is 18.3 Å². The molecule has 4 nitrogen and oxygen atoms in total. The van der Waals surface area contributed by atoms with Crippen molar-refractivity contribution in [1.29, 1.82) is 0 Å². The summed E-state index contributed by atoms with van der Waals surface area (Å²) in [5, 5.41) is 10.4. The Balaban J connectivity index is 2.77. The van der Waals surface area contributed by atoms with Gasteiger partial charge in [-0.3, -0.25) is 9.82 Å². The molecular formula is C10H15ClN2O2. The van der Waals surface area contributed by atoms with Crippen molar-refractivity contribution in [3.8, 4) is 0 Å². The van der Waals surface area contributed by atoms with Crippen LogP contribution in [0, 0.1) is 0 Å². The van der Waals surface area contributed by atoms with Crippen LogP contribution in [0.25, 0.3) is 0 Å². The molecule has 3 N–H and O–H groups in total. The molecule has 0 radical (unpaired) electrons. The van der Waals surface area contributed by atoms with Crippen molar-refractivity contribution in [2.24, 2.45) is 5.90 Å². The minimum Gasteiger partial charge on any atom is -0.384 e. The van der Waals surface area contributed by atoms with E-state index in [0.717, 1.165) is 6.42 Å². The smallest absolute Gasteiger partial charge is 0.124 e. The number of hydrogen-bond acceptors (Lipinski definition) is 4. The fourth-order valence-electron chi connectivity index (χ4n) is 1.36. The summed E-state index contributed by atoms with van der Waals surface area (Å²) in [6.45, 7) is 1.99. The first kappa shape index (κ1) is 12.4. The Morgan fingerprint density at radius 2 is 2.40 bits per heavy atom. The Morgan fingerprint density at radius 1 is 1.67 bits per heavy atom. The van der Waals surface area contributed by atoms with Crippen LogP contribution in [0.3, 0.4) is 0 Å². The Labute approximate surface area is 94.0 Å². The van der Waals surface area contributed by atoms with Gasteiger partial charge >= 0.3 is 0 Å². The van der Waals surface area contributed by atoms with Crippen LogP contribution in [-0.2, 0) is 4.84 Å². The van der Waals surface area contributed by atoms with Crippen molar-refractivity contribution in [2.75, 3.05) is 0 Å². The zero-order valence-electron chi connectivity index (χ0n) is 8.56. The van der Waals surface area contributed by atoms with Crippen LogP contribution in [0.15, 0.2) is 18.3 Å². The monoisotopic (exact) mass is 230 g/mol. The van der Waals surface area contributed by atoms with Crippen molar-refractivity contribution >= 4 is 11.6 Å². The van der Waals surface area contributed by atoms with E-state index in [4.69, 9.17) is 22.3 Å². The lowest BCUT2D eigenvalue weighted by molar-refractivity contribution is -0.0466. The third-order valence-electron chi connectivity index (χ3n) is 2.15. The van der Waals surface area contributed by atoms with Crippen molar-refractivity contribution in [3.63, 3.8) is 0 Å². The fourth-order valence-corrected chi connectivity index (χ4v) is 1.53. The van der Waals surface area contributed by atoms with E-state index in [2.05, 4.69) is 4.98 Å². The molecule has 0 saturated heterocycles. The summed E-state index contributed by atoms with van der Waals surface area (Å²) in [4.78, 5) is 8.73. The van der Waals surface area contributed by atoms with E-state index in [-0.39, 0.29) is 0 Å². The SMILES string of the molecule is CCCC(ON)C(O)c1cc(Cl)ccn1. The lowest BCUT2D eigenvalue weighted by Crippen LogP contribution is -2.25. The first-order valence-electron chi connectivity index (χ1n) is 4.84. The number of aliphatic hydroxyl groups is 1. The molecule has 0 aliphatic heterocycles. The van der Waals surface area contributed by atoms with Gasteiger partial charge in [0.2, 0.25) is 0 Å². The number of nitrogens with zero attached hydrogens (tertiary/aromatic N) is 1. The van der Waals surface area contributed by atoms with E-state index in [9.17, 15) is 5.11 Å². The minimum atomic E-state index is -0.839. The standard InChI is InChI=1S/C10H15ClN2O2/c1-2-3-9(15-12)10(14)8-6-7(11)4-5-13-8/h4-6,9-10,14H,2-3,12H2,1H3. The van der Waals surface area contributed by atoms with Crippen molar-refractivity contribution in [1.82, 2.24) is 4.98 Å². The van der Waals surface area contributed by atoms with Crippen LogP contribution >= 0.6 is 11.6 Å². The first-order chi connectivity index (χ1) is 7.19. The van der Waals surface area contributed by atoms with Crippen molar-refractivity contribution < 1.29 is 9.94 Å². The maximum Gasteiger partial charge on any atom is 0.124 e. The lowest BCUT2D eigenvalue weighted by atomic mass is 10.1. The highest BCUT2D eigenvalue weighted by atomic mass is 35.5. The van der Waals surface area contributed by atoms with Crippen LogP contribution in [-0.4, -0.2) is 16.2 Å². The lowest BCUT2D eigenvalue weighted by Gasteiger charge is -2.19. The predicted molar refractivity (Wildman–Crippen MR) is 58.2 cm³/mol. The topological polar surface area (TPSA) is 68.4 Å². The third kappa shape index (κ3) is 3.43. The molecule has 0 saturated carbocycles. The average molecular weight is 231 g/mol. The van der Waals surface area contributed by atoms with Gasteiger partial charge in [-0.25, -0.2) is 5.90 Å². The summed E-state index contributed by atoms with van der Waals surface area (Å²) in [6.07, 6.45) is 1.81. The van der Waals surface area contributed by atoms with Crippen LogP contribution in [0.4, 0.5) is 0 Å². The van der Waals surface area contributed by atoms with Gasteiger partial charge in [-0.1, -0.05) is 24.9 Å². The predicted octanol–water partition coefficient (Wildman–Crippen LogP) is 1.83. The van der Waals surface area contributed by atoms with Crippen LogP contribution in [0.1, 0.15) is 31.6 Å². The molecule has 1 aromatic rings. The third-order valence-corrected chi connectivity index (χ3v) is 2.38. The molecule has 0 spiro atoms. The molecule has 0 aromatic carbocycles. The van der Waals surface area contributed by atoms with Gasteiger partial charge in [0, 0.05) is 11.2 Å². The Hall–Kier alpha value is -0.680. The highest BCUT2D eigenvalue weighted by Gasteiger charge is 2.21. The molecule has 15 heavy (non-hydrogen) atoms. The summed E-state index contributed by atoms with van der Waals surface area (Å²) in [5.74, 6) is 5.11. The van der Waals surface area contributed by atoms with Crippen molar-refractivity contribution in [3.05, 3.63) is 29.0 Å². The second-order valence-corrected chi connectivity index (χ2v) is 3.74. The Bertz CT molecular complexity index is 309. The molecule has 0 aliphatic rings. The molecular weight excluding hydrogens is 216 g/mol. The molecule has 0 aliphatic carbocycles. The molecule has 1 heterocycles. The molecule has 0 bridgehead atoms. The summed E-state index contributed by atoms with van der Waals surface area (Å²) >= 11 is 5.79. The van der Waals surface area contributed by atoms with Gasteiger partial charge in [-0.2, -0.15) is 0 Å². The molecule has 0 amide bonds. The molecule has 2 atom stereocenters. The van der Waals surface area contributed by atoms with Gasteiger partial charge < -0.3 is 5.11 Å². The Morgan fingerprint density at radius 3 is 2.93 bits per heavy atom. The summed E-state index contributed by atoms with van der Waals surface area (Å²) < 4.78 is 0. The zero-order valence-corrected chi connectivity index (χ0v) is 9.31. The van der Waals surface area contributed by atoms with E-state index < -0.39 is 12.2 Å². The minimum absolute atomic E-state index is 0.444. The second kappa shape index (κ2) is 6.02. The number of hydrogen-bond donors (Lipinski definition) is 2. The van der Waals surface area contributed by atoms with Crippen molar-refractivity contribution in [2.45, 2.75) is 32.0 Å². The van der Waals surface area contributed by atoms with Gasteiger partial charge in [-0.15, -0.1) is 0 Å². The van der Waals surface area contributed by atoms with Gasteiger partial charge in [0.05, 0.1) is 5.69 Å². The molecule has 84 valence electrons. The number of rotatable bonds is 5. The number of nitrogens with two attached hydrogens (primary N) is 1. The first-order valence-corrected chi connectivity index (χ1v) is 5.22. The molecule has 1 aromatic heterocycles. The van der Waals surface area contributed by atoms with E-state index in [0.29, 0.717) is 17.1 Å². The maximum atomic E-state index is 9.91. The highest BCUT2D eigenvalue weighted by molar-refractivity contribution is 6.30. The van der Waals surface area contributed by atoms with E-state index in [1.165, 1.54) is 0 Å². The van der Waals surface area contributed by atoms with Gasteiger partial charge in [0.25, 0.3) is 0 Å². The molecule has 2 unspecified atom stereocenters. The van der Waals surface area contributed by atoms with Crippen LogP contribution in [0.2, 0.25) is 5.02 Å².